The molecule has 0 aliphatic rings. The summed E-state index contributed by atoms with van der Waals surface area (Å²) in [5.41, 5.74) is 2.95. The summed E-state index contributed by atoms with van der Waals surface area (Å²) in [5, 5.41) is 4.53. The minimum Gasteiger partial charge on any atom is -0.497 e. The molecule has 0 radical (unpaired) electrons. The highest BCUT2D eigenvalue weighted by Crippen LogP contribution is 2.29. The first-order valence-corrected chi connectivity index (χ1v) is 9.37. The normalized spacial score (nSPS) is 11.3. The zero-order valence-electron chi connectivity index (χ0n) is 15.3. The van der Waals surface area contributed by atoms with Gasteiger partial charge in [0.2, 0.25) is 0 Å². The van der Waals surface area contributed by atoms with Crippen molar-refractivity contribution in [3.8, 4) is 5.75 Å². The first-order valence-electron chi connectivity index (χ1n) is 9.37. The number of anilines is 1. The molecule has 2 aromatic heterocycles. The molecule has 0 spiro atoms. The number of benzene rings is 1. The van der Waals surface area contributed by atoms with Gasteiger partial charge in [0.05, 0.1) is 7.11 Å². The maximum absolute atomic E-state index is 5.32. The number of hydrogen-bond donors (Lipinski definition) is 2. The molecule has 3 aromatic rings. The van der Waals surface area contributed by atoms with Crippen molar-refractivity contribution in [2.75, 3.05) is 19.0 Å². The third-order valence-corrected chi connectivity index (χ3v) is 4.66. The zero-order chi connectivity index (χ0) is 17.5. The Bertz CT molecular complexity index is 812. The van der Waals surface area contributed by atoms with Crippen LogP contribution in [0.15, 0.2) is 24.5 Å². The highest BCUT2D eigenvalue weighted by atomic mass is 16.5. The Hall–Kier alpha value is -2.30. The molecule has 0 aliphatic carbocycles. The molecule has 2 N–H and O–H groups in total. The van der Waals surface area contributed by atoms with Crippen molar-refractivity contribution in [3.63, 3.8) is 0 Å². The Labute approximate surface area is 149 Å². The van der Waals surface area contributed by atoms with E-state index in [-0.39, 0.29) is 0 Å². The van der Waals surface area contributed by atoms with E-state index in [1.807, 2.05) is 18.2 Å². The quantitative estimate of drug-likeness (QED) is 0.493. The topological polar surface area (TPSA) is 62.8 Å². The van der Waals surface area contributed by atoms with Crippen LogP contribution in [0.3, 0.4) is 0 Å². The van der Waals surface area contributed by atoms with Crippen molar-refractivity contribution in [2.24, 2.45) is 0 Å². The van der Waals surface area contributed by atoms with Crippen LogP contribution in [-0.4, -0.2) is 28.6 Å². The molecule has 5 heteroatoms. The summed E-state index contributed by atoms with van der Waals surface area (Å²) < 4.78 is 5.32. The molecule has 0 aliphatic heterocycles. The Morgan fingerprint density at radius 1 is 1.04 bits per heavy atom. The van der Waals surface area contributed by atoms with Crippen LogP contribution in [0.2, 0.25) is 0 Å². The molecule has 0 saturated carbocycles. The fourth-order valence-electron chi connectivity index (χ4n) is 3.22. The van der Waals surface area contributed by atoms with Gasteiger partial charge >= 0.3 is 0 Å². The van der Waals surface area contributed by atoms with E-state index in [9.17, 15) is 0 Å². The number of ether oxygens (including phenoxy) is 1. The molecule has 25 heavy (non-hydrogen) atoms. The van der Waals surface area contributed by atoms with Gasteiger partial charge in [0, 0.05) is 17.4 Å². The van der Waals surface area contributed by atoms with E-state index in [1.54, 1.807) is 13.4 Å². The van der Waals surface area contributed by atoms with Crippen LogP contribution in [0.5, 0.6) is 5.75 Å². The maximum Gasteiger partial charge on any atom is 0.153 e. The molecule has 0 atom stereocenters. The monoisotopic (exact) mass is 340 g/mol. The van der Waals surface area contributed by atoms with E-state index in [4.69, 9.17) is 4.74 Å². The van der Waals surface area contributed by atoms with Gasteiger partial charge in [-0.25, -0.2) is 9.97 Å². The van der Waals surface area contributed by atoms with Crippen LogP contribution in [-0.2, 0) is 0 Å². The third-order valence-electron chi connectivity index (χ3n) is 4.66. The van der Waals surface area contributed by atoms with E-state index < -0.39 is 0 Å². The number of hydrogen-bond acceptors (Lipinski definition) is 4. The van der Waals surface area contributed by atoms with E-state index in [1.165, 1.54) is 44.9 Å². The lowest BCUT2D eigenvalue weighted by atomic mass is 10.1. The summed E-state index contributed by atoms with van der Waals surface area (Å²) in [5.74, 6) is 1.72. The predicted octanol–water partition coefficient (Wildman–Crippen LogP) is 5.28. The van der Waals surface area contributed by atoms with Gasteiger partial charge in [0.25, 0.3) is 0 Å². The molecule has 134 valence electrons. The van der Waals surface area contributed by atoms with Crippen molar-refractivity contribution < 1.29 is 4.74 Å². The Morgan fingerprint density at radius 2 is 1.84 bits per heavy atom. The Kier molecular flexibility index (Phi) is 6.09. The van der Waals surface area contributed by atoms with Gasteiger partial charge in [-0.05, 0) is 24.6 Å². The minimum atomic E-state index is 0.838. The van der Waals surface area contributed by atoms with Gasteiger partial charge in [-0.15, -0.1) is 0 Å². The number of nitrogens with one attached hydrogen (secondary N) is 2. The second-order valence-electron chi connectivity index (χ2n) is 6.53. The zero-order valence-corrected chi connectivity index (χ0v) is 15.3. The molecule has 1 aromatic carbocycles. The molecule has 5 nitrogen and oxygen atoms in total. The molecule has 0 amide bonds. The highest BCUT2D eigenvalue weighted by Gasteiger charge is 2.11. The summed E-state index contributed by atoms with van der Waals surface area (Å²) >= 11 is 0. The Morgan fingerprint density at radius 3 is 2.64 bits per heavy atom. The largest absolute Gasteiger partial charge is 0.497 e. The molecule has 0 fully saturated rings. The molecule has 0 bridgehead atoms. The lowest BCUT2D eigenvalue weighted by molar-refractivity contribution is 0.415. The standard InChI is InChI=1S/C20H28N4O/c1-3-4-5-6-7-8-9-12-21-20-19-18(22-14-23-20)16-13-15(25-2)10-11-17(16)24-19/h10-11,13-14,24H,3-9,12H2,1-2H3,(H,21,22,23). The minimum absolute atomic E-state index is 0.838. The van der Waals surface area contributed by atoms with Crippen LogP contribution in [0, 0.1) is 0 Å². The van der Waals surface area contributed by atoms with Crippen LogP contribution < -0.4 is 10.1 Å². The molecule has 2 heterocycles. The molecular weight excluding hydrogens is 312 g/mol. The van der Waals surface area contributed by atoms with Crippen LogP contribution in [0.1, 0.15) is 51.9 Å². The fourth-order valence-corrected chi connectivity index (χ4v) is 3.22. The summed E-state index contributed by atoms with van der Waals surface area (Å²) in [7, 11) is 1.68. The van der Waals surface area contributed by atoms with Crippen LogP contribution in [0.25, 0.3) is 21.9 Å². The lowest BCUT2D eigenvalue weighted by Crippen LogP contribution is -2.04. The summed E-state index contributed by atoms with van der Waals surface area (Å²) in [6.07, 6.45) is 10.8. The first kappa shape index (κ1) is 17.5. The molecule has 0 saturated heterocycles. The number of fused-ring (bicyclic) bond motifs is 3. The highest BCUT2D eigenvalue weighted by molar-refractivity contribution is 6.08. The third kappa shape index (κ3) is 4.21. The van der Waals surface area contributed by atoms with Gasteiger partial charge in [-0.1, -0.05) is 45.4 Å². The van der Waals surface area contributed by atoms with Crippen molar-refractivity contribution in [3.05, 3.63) is 24.5 Å². The molecule has 3 rings (SSSR count). The second kappa shape index (κ2) is 8.70. The lowest BCUT2D eigenvalue weighted by Gasteiger charge is -2.06. The van der Waals surface area contributed by atoms with Gasteiger partial charge in [-0.2, -0.15) is 0 Å². The van der Waals surface area contributed by atoms with Gasteiger partial charge in [0.1, 0.15) is 23.1 Å². The number of unbranched alkanes of at least 4 members (excludes halogenated alkanes) is 6. The maximum atomic E-state index is 5.32. The van der Waals surface area contributed by atoms with Gasteiger partial charge in [-0.3, -0.25) is 0 Å². The van der Waals surface area contributed by atoms with E-state index in [2.05, 4.69) is 27.2 Å². The van der Waals surface area contributed by atoms with E-state index in [0.717, 1.165) is 40.0 Å². The second-order valence-corrected chi connectivity index (χ2v) is 6.53. The smallest absolute Gasteiger partial charge is 0.153 e. The van der Waals surface area contributed by atoms with Gasteiger partial charge in [0.15, 0.2) is 5.82 Å². The summed E-state index contributed by atoms with van der Waals surface area (Å²) in [6, 6.07) is 5.99. The van der Waals surface area contributed by atoms with Crippen molar-refractivity contribution in [1.82, 2.24) is 15.0 Å². The summed E-state index contributed by atoms with van der Waals surface area (Å²) in [6.45, 7) is 3.20. The number of H-pyrrole nitrogens is 1. The number of rotatable bonds is 10. The van der Waals surface area contributed by atoms with Crippen molar-refractivity contribution in [2.45, 2.75) is 51.9 Å². The molecular formula is C20H28N4O. The van der Waals surface area contributed by atoms with E-state index in [0.29, 0.717) is 0 Å². The van der Waals surface area contributed by atoms with E-state index >= 15 is 0 Å². The number of nitrogens with zero attached hydrogens (tertiary/aromatic N) is 2. The fraction of sp³-hybridized carbons (Fsp3) is 0.500. The Balaban J connectivity index is 1.62. The average molecular weight is 340 g/mol. The van der Waals surface area contributed by atoms with Crippen LogP contribution in [0.4, 0.5) is 5.82 Å². The van der Waals surface area contributed by atoms with Gasteiger partial charge < -0.3 is 15.0 Å². The number of aromatic nitrogens is 3. The van der Waals surface area contributed by atoms with Crippen LogP contribution >= 0.6 is 0 Å². The predicted molar refractivity (Wildman–Crippen MR) is 104 cm³/mol. The molecule has 0 unspecified atom stereocenters. The van der Waals surface area contributed by atoms with Crippen molar-refractivity contribution >= 4 is 27.8 Å². The number of aromatic amines is 1. The first-order chi connectivity index (χ1) is 12.3. The summed E-state index contributed by atoms with van der Waals surface area (Å²) in [4.78, 5) is 12.3. The SMILES string of the molecule is CCCCCCCCCNc1ncnc2c1[nH]c1ccc(OC)cc12. The number of methoxy groups -OCH3 is 1. The van der Waals surface area contributed by atoms with Crippen molar-refractivity contribution in [1.29, 1.82) is 0 Å². The average Bonchev–Trinajstić information content (AvgIpc) is 3.02.